The number of carboxylic acids is 2. The van der Waals surface area contributed by atoms with Crippen molar-refractivity contribution in [3.8, 4) is 0 Å². The monoisotopic (exact) mass is 608 g/mol. The number of aromatic amines is 1. The van der Waals surface area contributed by atoms with E-state index in [9.17, 15) is 29.1 Å². The van der Waals surface area contributed by atoms with E-state index >= 15 is 0 Å². The molecule has 2 aromatic carbocycles. The fraction of sp³-hybridized carbons (Fsp3) is 0.387. The van der Waals surface area contributed by atoms with Gasteiger partial charge < -0.3 is 42.6 Å². The average molecular weight is 609 g/mol. The first-order chi connectivity index (χ1) is 21.1. The van der Waals surface area contributed by atoms with Gasteiger partial charge in [-0.25, -0.2) is 4.79 Å². The highest BCUT2D eigenvalue weighted by molar-refractivity contribution is 5.94. The van der Waals surface area contributed by atoms with Crippen LogP contribution in [0.4, 0.5) is 0 Å². The molecule has 0 saturated carbocycles. The molecule has 1 aromatic heterocycles. The van der Waals surface area contributed by atoms with Crippen LogP contribution in [0.1, 0.15) is 43.2 Å². The Labute approximate surface area is 254 Å². The minimum atomic E-state index is -1.46. The first-order valence-electron chi connectivity index (χ1n) is 14.5. The summed E-state index contributed by atoms with van der Waals surface area (Å²) in [6.07, 6.45) is 2.45. The third-order valence-electron chi connectivity index (χ3n) is 7.21. The summed E-state index contributed by atoms with van der Waals surface area (Å²) in [6, 6.07) is 11.9. The zero-order chi connectivity index (χ0) is 32.1. The van der Waals surface area contributed by atoms with E-state index in [4.69, 9.17) is 16.6 Å². The van der Waals surface area contributed by atoms with E-state index in [-0.39, 0.29) is 25.7 Å². The van der Waals surface area contributed by atoms with E-state index in [0.29, 0.717) is 19.4 Å². The highest BCUT2D eigenvalue weighted by atomic mass is 16.4. The molecule has 3 aromatic rings. The number of hydrogen-bond donors (Lipinski definition) is 8. The van der Waals surface area contributed by atoms with E-state index in [1.54, 1.807) is 30.5 Å². The second-order valence-electron chi connectivity index (χ2n) is 10.6. The number of nitrogens with two attached hydrogens (primary N) is 2. The van der Waals surface area contributed by atoms with Crippen LogP contribution in [0.25, 0.3) is 10.9 Å². The quantitative estimate of drug-likeness (QED) is 0.0954. The Hall–Kier alpha value is -4.75. The fourth-order valence-corrected chi connectivity index (χ4v) is 4.80. The van der Waals surface area contributed by atoms with Crippen molar-refractivity contribution in [2.24, 2.45) is 11.5 Å². The van der Waals surface area contributed by atoms with Gasteiger partial charge in [0.25, 0.3) is 0 Å². The number of nitrogens with one attached hydrogen (secondary N) is 4. The van der Waals surface area contributed by atoms with E-state index in [1.807, 2.05) is 30.3 Å². The van der Waals surface area contributed by atoms with Crippen LogP contribution >= 0.6 is 0 Å². The van der Waals surface area contributed by atoms with Crippen molar-refractivity contribution in [1.29, 1.82) is 0 Å². The molecule has 0 spiro atoms. The maximum absolute atomic E-state index is 13.6. The van der Waals surface area contributed by atoms with Crippen LogP contribution < -0.4 is 27.4 Å². The molecule has 0 aliphatic rings. The number of para-hydroxylation sites is 1. The van der Waals surface area contributed by atoms with E-state index < -0.39 is 60.2 Å². The summed E-state index contributed by atoms with van der Waals surface area (Å²) in [5.41, 5.74) is 14.4. The summed E-state index contributed by atoms with van der Waals surface area (Å²) in [4.78, 5) is 65.8. The van der Waals surface area contributed by atoms with Crippen molar-refractivity contribution in [2.75, 3.05) is 6.54 Å². The van der Waals surface area contributed by atoms with Crippen molar-refractivity contribution in [1.82, 2.24) is 20.9 Å². The number of carboxylic acid groups (broad SMARTS) is 2. The Morgan fingerprint density at radius 3 is 2.07 bits per heavy atom. The number of unbranched alkanes of at least 4 members (excludes halogenated alkanes) is 1. The number of aliphatic carboxylic acids is 2. The predicted molar refractivity (Wildman–Crippen MR) is 163 cm³/mol. The van der Waals surface area contributed by atoms with E-state index in [0.717, 1.165) is 22.0 Å². The lowest BCUT2D eigenvalue weighted by atomic mass is 10.0. The van der Waals surface area contributed by atoms with Crippen molar-refractivity contribution in [3.05, 3.63) is 71.9 Å². The van der Waals surface area contributed by atoms with Crippen LogP contribution in [-0.2, 0) is 36.8 Å². The summed E-state index contributed by atoms with van der Waals surface area (Å²) in [5, 5.41) is 27.1. The van der Waals surface area contributed by atoms with Gasteiger partial charge in [0.1, 0.15) is 18.1 Å². The third kappa shape index (κ3) is 10.2. The SMILES string of the molecule is NCCCCC(NC(=O)C(Cc1ccccc1)NC(=O)C(N)Cc1c[nH]c2ccccc12)C(=O)NC(CCC(=O)O)C(=O)O. The molecule has 1 heterocycles. The van der Waals surface area contributed by atoms with Gasteiger partial charge in [-0.3, -0.25) is 19.2 Å². The Morgan fingerprint density at radius 1 is 0.750 bits per heavy atom. The lowest BCUT2D eigenvalue weighted by molar-refractivity contribution is -0.143. The summed E-state index contributed by atoms with van der Waals surface area (Å²) in [5.74, 6) is -4.61. The van der Waals surface area contributed by atoms with Gasteiger partial charge in [0.15, 0.2) is 0 Å². The van der Waals surface area contributed by atoms with Gasteiger partial charge >= 0.3 is 11.9 Å². The van der Waals surface area contributed by atoms with Crippen molar-refractivity contribution < 1.29 is 34.2 Å². The summed E-state index contributed by atoms with van der Waals surface area (Å²) in [6.45, 7) is 0.347. The van der Waals surface area contributed by atoms with Gasteiger partial charge in [0.2, 0.25) is 17.7 Å². The average Bonchev–Trinajstić information content (AvgIpc) is 3.41. The lowest BCUT2D eigenvalue weighted by Crippen LogP contribution is -2.57. The van der Waals surface area contributed by atoms with Gasteiger partial charge in [-0.1, -0.05) is 48.5 Å². The maximum atomic E-state index is 13.6. The van der Waals surface area contributed by atoms with Crippen LogP contribution in [0.2, 0.25) is 0 Å². The number of H-pyrrole nitrogens is 1. The topological polar surface area (TPSA) is 230 Å². The second-order valence-corrected chi connectivity index (χ2v) is 10.6. The predicted octanol–water partition coefficient (Wildman–Crippen LogP) is 0.813. The molecule has 44 heavy (non-hydrogen) atoms. The Bertz CT molecular complexity index is 1430. The van der Waals surface area contributed by atoms with Gasteiger partial charge in [0, 0.05) is 29.9 Å². The van der Waals surface area contributed by atoms with Gasteiger partial charge in [-0.05, 0) is 55.8 Å². The molecular weight excluding hydrogens is 568 g/mol. The maximum Gasteiger partial charge on any atom is 0.326 e. The molecule has 0 saturated heterocycles. The highest BCUT2D eigenvalue weighted by Gasteiger charge is 2.30. The number of amides is 3. The second kappa shape index (κ2) is 16.8. The molecule has 0 aliphatic carbocycles. The first-order valence-corrected chi connectivity index (χ1v) is 14.5. The fourth-order valence-electron chi connectivity index (χ4n) is 4.80. The standard InChI is InChI=1S/C31H40N6O7/c32-15-7-6-12-24(29(41)36-25(31(43)44)13-14-27(38)39)35-30(42)26(16-19-8-2-1-3-9-19)37-28(40)22(33)17-20-18-34-23-11-5-4-10-21(20)23/h1-5,8-11,18,22,24-26,34H,6-7,12-17,32-33H2,(H,35,42)(H,36,41)(H,37,40)(H,38,39)(H,43,44). The molecule has 13 nitrogen and oxygen atoms in total. The Balaban J connectivity index is 1.76. The van der Waals surface area contributed by atoms with Gasteiger partial charge in [0.05, 0.1) is 6.04 Å². The third-order valence-corrected chi connectivity index (χ3v) is 7.21. The number of rotatable bonds is 18. The molecule has 3 amide bonds. The summed E-state index contributed by atoms with van der Waals surface area (Å²) in [7, 11) is 0. The number of benzene rings is 2. The van der Waals surface area contributed by atoms with Gasteiger partial charge in [-0.15, -0.1) is 0 Å². The molecule has 236 valence electrons. The highest BCUT2D eigenvalue weighted by Crippen LogP contribution is 2.19. The molecular formula is C31H40N6O7. The number of aromatic nitrogens is 1. The summed E-state index contributed by atoms with van der Waals surface area (Å²) >= 11 is 0. The van der Waals surface area contributed by atoms with Crippen LogP contribution in [0.3, 0.4) is 0 Å². The summed E-state index contributed by atoms with van der Waals surface area (Å²) < 4.78 is 0. The first kappa shape index (κ1) is 33.7. The van der Waals surface area contributed by atoms with Crippen molar-refractivity contribution >= 4 is 40.6 Å². The Kier molecular flexibility index (Phi) is 12.9. The van der Waals surface area contributed by atoms with Crippen LogP contribution in [0.15, 0.2) is 60.8 Å². The smallest absolute Gasteiger partial charge is 0.326 e. The lowest BCUT2D eigenvalue weighted by Gasteiger charge is -2.25. The van der Waals surface area contributed by atoms with Gasteiger partial charge in [-0.2, -0.15) is 0 Å². The Morgan fingerprint density at radius 2 is 1.39 bits per heavy atom. The van der Waals surface area contributed by atoms with Crippen LogP contribution in [0, 0.1) is 0 Å². The zero-order valence-electron chi connectivity index (χ0n) is 24.3. The number of carbonyl (C=O) groups excluding carboxylic acids is 3. The van der Waals surface area contributed by atoms with Crippen LogP contribution in [0.5, 0.6) is 0 Å². The number of hydrogen-bond acceptors (Lipinski definition) is 7. The molecule has 0 bridgehead atoms. The number of fused-ring (bicyclic) bond motifs is 1. The minimum Gasteiger partial charge on any atom is -0.481 e. The largest absolute Gasteiger partial charge is 0.481 e. The van der Waals surface area contributed by atoms with E-state index in [2.05, 4.69) is 20.9 Å². The molecule has 3 rings (SSSR count). The minimum absolute atomic E-state index is 0.103. The van der Waals surface area contributed by atoms with E-state index in [1.165, 1.54) is 0 Å². The number of carbonyl (C=O) groups is 5. The molecule has 4 unspecified atom stereocenters. The van der Waals surface area contributed by atoms with Crippen LogP contribution in [-0.4, -0.2) is 75.6 Å². The normalized spacial score (nSPS) is 13.8. The molecule has 10 N–H and O–H groups in total. The molecule has 0 aliphatic heterocycles. The molecule has 0 fully saturated rings. The molecule has 13 heteroatoms. The van der Waals surface area contributed by atoms with Crippen molar-refractivity contribution in [2.45, 2.75) is 69.1 Å². The zero-order valence-corrected chi connectivity index (χ0v) is 24.3. The van der Waals surface area contributed by atoms with Crippen molar-refractivity contribution in [3.63, 3.8) is 0 Å². The molecule has 0 radical (unpaired) electrons. The molecule has 4 atom stereocenters.